The van der Waals surface area contributed by atoms with Crippen molar-refractivity contribution in [1.29, 1.82) is 0 Å². The minimum absolute atomic E-state index is 0.954. The Labute approximate surface area is 62.1 Å². The molecule has 0 radical (unpaired) electrons. The molecule has 0 aromatic carbocycles. The van der Waals surface area contributed by atoms with Gasteiger partial charge in [-0.3, -0.25) is 0 Å². The first-order valence-corrected chi connectivity index (χ1v) is 3.90. The molecule has 0 spiro atoms. The van der Waals surface area contributed by atoms with Gasteiger partial charge in [0.05, 0.1) is 0 Å². The SMILES string of the molecule is COC.[CH-]=CC[CH]=[W]. The third-order valence-corrected chi connectivity index (χ3v) is 0.924. The van der Waals surface area contributed by atoms with Gasteiger partial charge < -0.3 is 4.74 Å². The Morgan fingerprint density at radius 3 is 2.00 bits per heavy atom. The van der Waals surface area contributed by atoms with Crippen LogP contribution in [-0.2, 0) is 24.1 Å². The van der Waals surface area contributed by atoms with Crippen molar-refractivity contribution in [2.24, 2.45) is 0 Å². The van der Waals surface area contributed by atoms with Gasteiger partial charge in [0.25, 0.3) is 0 Å². The summed E-state index contributed by atoms with van der Waals surface area (Å²) in [6.07, 6.45) is 2.60. The number of methoxy groups -OCH3 is 1. The van der Waals surface area contributed by atoms with Gasteiger partial charge in [-0.15, -0.1) is 0 Å². The van der Waals surface area contributed by atoms with Gasteiger partial charge in [0.2, 0.25) is 0 Å². The number of allylic oxidation sites excluding steroid dienone is 1. The first kappa shape index (κ1) is 11.1. The second kappa shape index (κ2) is 15.7. The van der Waals surface area contributed by atoms with Crippen LogP contribution in [0.25, 0.3) is 0 Å². The van der Waals surface area contributed by atoms with Crippen LogP contribution >= 0.6 is 0 Å². The van der Waals surface area contributed by atoms with Crippen molar-refractivity contribution in [3.05, 3.63) is 12.7 Å². The minimum atomic E-state index is 0.954. The Balaban J connectivity index is 0. The summed E-state index contributed by atoms with van der Waals surface area (Å²) in [4.78, 5) is 0. The van der Waals surface area contributed by atoms with E-state index in [1.54, 1.807) is 20.3 Å². The molecule has 0 bridgehead atoms. The second-order valence-corrected chi connectivity index (χ2v) is 2.24. The fourth-order valence-corrected chi connectivity index (χ4v) is 0.455. The molecule has 0 heterocycles. The molecule has 0 fully saturated rings. The van der Waals surface area contributed by atoms with Crippen LogP contribution in [0.1, 0.15) is 6.42 Å². The third kappa shape index (κ3) is 33.9. The first-order chi connectivity index (χ1) is 3.83. The molecule has 0 N–H and O–H groups in total. The van der Waals surface area contributed by atoms with E-state index in [1.807, 2.05) is 0 Å². The van der Waals surface area contributed by atoms with Crippen molar-refractivity contribution in [2.45, 2.75) is 6.42 Å². The van der Waals surface area contributed by atoms with Crippen LogP contribution in [0.5, 0.6) is 0 Å². The molecule has 0 aromatic heterocycles. The van der Waals surface area contributed by atoms with Crippen molar-refractivity contribution in [2.75, 3.05) is 14.2 Å². The van der Waals surface area contributed by atoms with Crippen LogP contribution in [0.4, 0.5) is 0 Å². The standard InChI is InChI=1S/C4H5.C2H6O.W/c1-3-4-2;1-3-2;/h1-3H,4H2;1-2H3;/q-1;;. The molecule has 8 heavy (non-hydrogen) atoms. The van der Waals surface area contributed by atoms with Crippen LogP contribution in [0.15, 0.2) is 6.08 Å². The molecule has 48 valence electrons. The molecule has 0 aliphatic carbocycles. The van der Waals surface area contributed by atoms with E-state index in [0.717, 1.165) is 6.42 Å². The van der Waals surface area contributed by atoms with E-state index in [-0.39, 0.29) is 0 Å². The molecule has 0 rings (SSSR count). The first-order valence-electron chi connectivity index (χ1n) is 2.20. The normalized spacial score (nSPS) is 6.25. The van der Waals surface area contributed by atoms with Gasteiger partial charge in [0.1, 0.15) is 0 Å². The molecule has 0 amide bonds. The average Bonchev–Trinajstić information content (AvgIpc) is 1.71. The topological polar surface area (TPSA) is 9.23 Å². The summed E-state index contributed by atoms with van der Waals surface area (Å²) in [5.41, 5.74) is 0. The molecule has 0 atom stereocenters. The van der Waals surface area contributed by atoms with E-state index >= 15 is 0 Å². The van der Waals surface area contributed by atoms with Gasteiger partial charge >= 0.3 is 42.8 Å². The predicted octanol–water partition coefficient (Wildman–Crippen LogP) is 0.977. The summed E-state index contributed by atoms with van der Waals surface area (Å²) in [7, 11) is 3.25. The van der Waals surface area contributed by atoms with E-state index in [0.29, 0.717) is 0 Å². The van der Waals surface area contributed by atoms with Gasteiger partial charge in [-0.2, -0.15) is 0 Å². The van der Waals surface area contributed by atoms with Gasteiger partial charge in [-0.1, -0.05) is 0 Å². The van der Waals surface area contributed by atoms with Crippen molar-refractivity contribution < 1.29 is 24.1 Å². The van der Waals surface area contributed by atoms with Crippen molar-refractivity contribution in [3.8, 4) is 0 Å². The number of ether oxygens (including phenoxy) is 1. The van der Waals surface area contributed by atoms with E-state index in [9.17, 15) is 0 Å². The molecule has 0 aliphatic heterocycles. The molecule has 0 saturated heterocycles. The van der Waals surface area contributed by atoms with Gasteiger partial charge in [-0.25, -0.2) is 0 Å². The summed E-state index contributed by atoms with van der Waals surface area (Å²) in [6, 6.07) is 0. The summed E-state index contributed by atoms with van der Waals surface area (Å²) in [5, 5.41) is 0. The predicted molar refractivity (Wildman–Crippen MR) is 32.5 cm³/mol. The van der Waals surface area contributed by atoms with Crippen LogP contribution in [0.2, 0.25) is 0 Å². The number of rotatable bonds is 2. The Bertz CT molecular complexity index is 46.5. The fraction of sp³-hybridized carbons (Fsp3) is 0.500. The van der Waals surface area contributed by atoms with Gasteiger partial charge in [0.15, 0.2) is 0 Å². The molecular formula is C6H11OW-. The molecular weight excluding hydrogens is 272 g/mol. The summed E-state index contributed by atoms with van der Waals surface area (Å²) in [6.45, 7) is 5.00. The van der Waals surface area contributed by atoms with E-state index < -0.39 is 0 Å². The van der Waals surface area contributed by atoms with Crippen LogP contribution in [0.3, 0.4) is 0 Å². The Kier molecular flexibility index (Phi) is 21.8. The van der Waals surface area contributed by atoms with Crippen LogP contribution in [0, 0.1) is 6.58 Å². The molecule has 0 aliphatic rings. The summed E-state index contributed by atoms with van der Waals surface area (Å²) in [5.74, 6) is 0. The molecule has 1 nitrogen and oxygen atoms in total. The fourth-order valence-electron chi connectivity index (χ4n) is 0.0556. The molecule has 0 unspecified atom stereocenters. The van der Waals surface area contributed by atoms with Crippen molar-refractivity contribution in [1.82, 2.24) is 0 Å². The molecule has 0 aromatic rings. The average molecular weight is 283 g/mol. The zero-order valence-corrected chi connectivity index (χ0v) is 8.19. The number of hydrogen-bond acceptors (Lipinski definition) is 1. The third-order valence-electron chi connectivity index (χ3n) is 0.232. The van der Waals surface area contributed by atoms with Crippen molar-refractivity contribution in [3.63, 3.8) is 0 Å². The number of hydrogen-bond donors (Lipinski definition) is 0. The summed E-state index contributed by atoms with van der Waals surface area (Å²) >= 11 is 1.49. The maximum atomic E-state index is 5.00. The zero-order valence-electron chi connectivity index (χ0n) is 5.26. The van der Waals surface area contributed by atoms with Gasteiger partial charge in [-0.05, 0) is 0 Å². The Hall–Kier alpha value is 0.258. The maximum absolute atomic E-state index is 5.00. The van der Waals surface area contributed by atoms with Crippen LogP contribution < -0.4 is 0 Å². The Morgan fingerprint density at radius 2 is 2.00 bits per heavy atom. The Morgan fingerprint density at radius 1 is 1.62 bits per heavy atom. The quantitative estimate of drug-likeness (QED) is 0.686. The van der Waals surface area contributed by atoms with E-state index in [4.69, 9.17) is 6.58 Å². The molecule has 0 saturated carbocycles. The van der Waals surface area contributed by atoms with Crippen molar-refractivity contribution >= 4 is 4.40 Å². The summed E-state index contributed by atoms with van der Waals surface area (Å²) < 4.78 is 6.33. The second-order valence-electron chi connectivity index (χ2n) is 1.05. The molecule has 2 heteroatoms. The van der Waals surface area contributed by atoms with E-state index in [1.165, 1.54) is 19.4 Å². The van der Waals surface area contributed by atoms with Gasteiger partial charge in [0, 0.05) is 14.2 Å². The zero-order chi connectivity index (χ0) is 6.83. The monoisotopic (exact) mass is 283 g/mol. The van der Waals surface area contributed by atoms with Crippen LogP contribution in [-0.4, -0.2) is 18.6 Å². The van der Waals surface area contributed by atoms with E-state index in [2.05, 4.69) is 9.14 Å².